The van der Waals surface area contributed by atoms with Crippen molar-refractivity contribution in [2.45, 2.75) is 22.7 Å². The second-order valence-corrected chi connectivity index (χ2v) is 9.27. The van der Waals surface area contributed by atoms with Crippen LogP contribution in [0.15, 0.2) is 95.0 Å². The normalized spacial score (nSPS) is 10.7. The fraction of sp³-hybridized carbons (Fsp3) is 0.154. The van der Waals surface area contributed by atoms with Crippen LogP contribution in [0.4, 0.5) is 5.69 Å². The number of para-hydroxylation sites is 2. The van der Waals surface area contributed by atoms with Gasteiger partial charge in [-0.05, 0) is 43.3 Å². The minimum atomic E-state index is -0.472. The maximum Gasteiger partial charge on any atom is 0.340 e. The zero-order valence-corrected chi connectivity index (χ0v) is 20.7. The van der Waals surface area contributed by atoms with Crippen LogP contribution in [0.1, 0.15) is 23.1 Å². The van der Waals surface area contributed by atoms with Crippen molar-refractivity contribution in [1.29, 1.82) is 0 Å². The van der Waals surface area contributed by atoms with Crippen molar-refractivity contribution in [3.05, 3.63) is 96.3 Å². The van der Waals surface area contributed by atoms with Crippen LogP contribution in [0.5, 0.6) is 0 Å². The first-order valence-corrected chi connectivity index (χ1v) is 13.0. The van der Waals surface area contributed by atoms with Crippen LogP contribution in [0.25, 0.3) is 5.69 Å². The van der Waals surface area contributed by atoms with E-state index in [0.717, 1.165) is 16.4 Å². The number of hydrogen-bond donors (Lipinski definition) is 1. The molecule has 9 heteroatoms. The van der Waals surface area contributed by atoms with Gasteiger partial charge in [0, 0.05) is 10.6 Å². The zero-order chi connectivity index (χ0) is 24.5. The third-order valence-electron chi connectivity index (χ3n) is 4.85. The molecule has 35 heavy (non-hydrogen) atoms. The molecule has 7 nitrogen and oxygen atoms in total. The molecule has 0 radical (unpaired) electrons. The summed E-state index contributed by atoms with van der Waals surface area (Å²) in [4.78, 5) is 26.1. The van der Waals surface area contributed by atoms with Gasteiger partial charge in [-0.2, -0.15) is 0 Å². The Balaban J connectivity index is 1.48. The molecule has 1 N–H and O–H groups in total. The quantitative estimate of drug-likeness (QED) is 0.226. The average molecular weight is 505 g/mol. The summed E-state index contributed by atoms with van der Waals surface area (Å²) in [7, 11) is 0. The molecule has 4 aromatic rings. The Morgan fingerprint density at radius 2 is 1.57 bits per heavy atom. The number of amides is 1. The molecule has 3 aromatic carbocycles. The number of nitrogens with zero attached hydrogens (tertiary/aromatic N) is 3. The molecule has 0 fully saturated rings. The van der Waals surface area contributed by atoms with Crippen LogP contribution < -0.4 is 5.32 Å². The SMILES string of the molecule is CCOC(=O)c1ccccc1NC(=O)CSc1nnc(CSc2ccccc2)n1-c1ccccc1. The van der Waals surface area contributed by atoms with E-state index in [0.29, 0.717) is 22.2 Å². The number of benzene rings is 3. The van der Waals surface area contributed by atoms with Gasteiger partial charge in [-0.1, -0.05) is 60.3 Å². The number of ether oxygens (including phenoxy) is 1. The summed E-state index contributed by atoms with van der Waals surface area (Å²) in [5.74, 6) is 0.801. The lowest BCUT2D eigenvalue weighted by molar-refractivity contribution is -0.113. The summed E-state index contributed by atoms with van der Waals surface area (Å²) in [6.45, 7) is 2.00. The molecule has 0 unspecified atom stereocenters. The van der Waals surface area contributed by atoms with Crippen LogP contribution in [0.2, 0.25) is 0 Å². The van der Waals surface area contributed by atoms with Crippen molar-refractivity contribution in [3.8, 4) is 5.69 Å². The largest absolute Gasteiger partial charge is 0.462 e. The average Bonchev–Trinajstić information content (AvgIpc) is 3.30. The first kappa shape index (κ1) is 24.6. The van der Waals surface area contributed by atoms with Crippen molar-refractivity contribution in [1.82, 2.24) is 14.8 Å². The molecule has 0 atom stereocenters. The van der Waals surface area contributed by atoms with Gasteiger partial charge in [0.15, 0.2) is 5.16 Å². The lowest BCUT2D eigenvalue weighted by atomic mass is 10.2. The summed E-state index contributed by atoms with van der Waals surface area (Å²) in [5, 5.41) is 12.2. The molecule has 0 saturated heterocycles. The highest BCUT2D eigenvalue weighted by atomic mass is 32.2. The maximum absolute atomic E-state index is 12.7. The Kier molecular flexibility index (Phi) is 8.58. The summed E-state index contributed by atoms with van der Waals surface area (Å²) in [5.41, 5.74) is 1.66. The number of carbonyl (C=O) groups excluding carboxylic acids is 2. The van der Waals surface area contributed by atoms with Gasteiger partial charge in [0.25, 0.3) is 0 Å². The van der Waals surface area contributed by atoms with Gasteiger partial charge in [0.05, 0.1) is 29.4 Å². The Hall–Kier alpha value is -3.56. The smallest absolute Gasteiger partial charge is 0.340 e. The fourth-order valence-corrected chi connectivity index (χ4v) is 4.89. The van der Waals surface area contributed by atoms with Gasteiger partial charge in [-0.25, -0.2) is 4.79 Å². The number of hydrogen-bond acceptors (Lipinski definition) is 7. The molecule has 0 aliphatic rings. The first-order valence-electron chi connectivity index (χ1n) is 11.0. The molecule has 1 aromatic heterocycles. The molecule has 0 saturated carbocycles. The fourth-order valence-electron chi connectivity index (χ4n) is 3.28. The number of rotatable bonds is 10. The second-order valence-electron chi connectivity index (χ2n) is 7.27. The predicted molar refractivity (Wildman–Crippen MR) is 139 cm³/mol. The van der Waals surface area contributed by atoms with Crippen LogP contribution >= 0.6 is 23.5 Å². The molecule has 1 amide bonds. The van der Waals surface area contributed by atoms with Crippen LogP contribution in [0.3, 0.4) is 0 Å². The van der Waals surface area contributed by atoms with Crippen molar-refractivity contribution in [3.63, 3.8) is 0 Å². The molecule has 0 bridgehead atoms. The van der Waals surface area contributed by atoms with Gasteiger partial charge in [-0.3, -0.25) is 9.36 Å². The van der Waals surface area contributed by atoms with E-state index in [9.17, 15) is 9.59 Å². The Bertz CT molecular complexity index is 1280. The second kappa shape index (κ2) is 12.2. The highest BCUT2D eigenvalue weighted by molar-refractivity contribution is 7.99. The van der Waals surface area contributed by atoms with Gasteiger partial charge >= 0.3 is 5.97 Å². The number of aromatic nitrogens is 3. The molecule has 178 valence electrons. The van der Waals surface area contributed by atoms with Crippen molar-refractivity contribution in [2.75, 3.05) is 17.7 Å². The summed E-state index contributed by atoms with van der Waals surface area (Å²) in [6.07, 6.45) is 0. The predicted octanol–water partition coefficient (Wildman–Crippen LogP) is 5.47. The van der Waals surface area contributed by atoms with E-state index < -0.39 is 5.97 Å². The number of anilines is 1. The monoisotopic (exact) mass is 504 g/mol. The van der Waals surface area contributed by atoms with Crippen LogP contribution in [-0.2, 0) is 15.3 Å². The zero-order valence-electron chi connectivity index (χ0n) is 19.1. The lowest BCUT2D eigenvalue weighted by Crippen LogP contribution is -2.17. The maximum atomic E-state index is 12.7. The minimum Gasteiger partial charge on any atom is -0.462 e. The van der Waals surface area contributed by atoms with Gasteiger partial charge < -0.3 is 10.1 Å². The summed E-state index contributed by atoms with van der Waals surface area (Å²) >= 11 is 2.96. The van der Waals surface area contributed by atoms with Gasteiger partial charge in [0.1, 0.15) is 5.82 Å². The Morgan fingerprint density at radius 1 is 0.886 bits per heavy atom. The van der Waals surface area contributed by atoms with E-state index in [2.05, 4.69) is 27.6 Å². The molecule has 4 rings (SSSR count). The summed E-state index contributed by atoms with van der Waals surface area (Å²) < 4.78 is 7.06. The van der Waals surface area contributed by atoms with E-state index >= 15 is 0 Å². The van der Waals surface area contributed by atoms with Crippen molar-refractivity contribution in [2.24, 2.45) is 0 Å². The number of nitrogens with one attached hydrogen (secondary N) is 1. The topological polar surface area (TPSA) is 86.1 Å². The lowest BCUT2D eigenvalue weighted by Gasteiger charge is -2.11. The molecule has 1 heterocycles. The highest BCUT2D eigenvalue weighted by Gasteiger charge is 2.18. The minimum absolute atomic E-state index is 0.105. The molecule has 0 aliphatic heterocycles. The summed E-state index contributed by atoms with van der Waals surface area (Å²) in [6, 6.07) is 26.7. The Morgan fingerprint density at radius 3 is 2.31 bits per heavy atom. The van der Waals surface area contributed by atoms with E-state index in [-0.39, 0.29) is 18.3 Å². The van der Waals surface area contributed by atoms with Gasteiger partial charge in [0.2, 0.25) is 5.91 Å². The van der Waals surface area contributed by atoms with Crippen molar-refractivity contribution >= 4 is 41.1 Å². The Labute approximate surface area is 212 Å². The number of carbonyl (C=O) groups is 2. The third kappa shape index (κ3) is 6.52. The van der Waals surface area contributed by atoms with E-state index in [1.807, 2.05) is 53.1 Å². The van der Waals surface area contributed by atoms with Crippen LogP contribution in [-0.4, -0.2) is 39.0 Å². The molecule has 0 spiro atoms. The first-order chi connectivity index (χ1) is 17.2. The standard InChI is InChI=1S/C26H24N4O3S2/c1-2-33-25(32)21-15-9-10-16-22(21)27-24(31)18-35-26-29-28-23(17-34-20-13-7-4-8-14-20)30(26)19-11-5-3-6-12-19/h3-16H,2,17-18H2,1H3,(H,27,31). The van der Waals surface area contributed by atoms with E-state index in [1.165, 1.54) is 11.8 Å². The van der Waals surface area contributed by atoms with Gasteiger partial charge in [-0.15, -0.1) is 22.0 Å². The van der Waals surface area contributed by atoms with E-state index in [1.54, 1.807) is 43.0 Å². The van der Waals surface area contributed by atoms with E-state index in [4.69, 9.17) is 4.74 Å². The molecular weight excluding hydrogens is 480 g/mol. The third-order valence-corrected chi connectivity index (χ3v) is 6.79. The van der Waals surface area contributed by atoms with Crippen molar-refractivity contribution < 1.29 is 14.3 Å². The highest BCUT2D eigenvalue weighted by Crippen LogP contribution is 2.27. The number of thioether (sulfide) groups is 2. The van der Waals surface area contributed by atoms with Crippen LogP contribution in [0, 0.1) is 0 Å². The molecular formula is C26H24N4O3S2. The number of esters is 1. The molecule has 0 aliphatic carbocycles.